The Morgan fingerprint density at radius 2 is 1.94 bits per heavy atom. The second kappa shape index (κ2) is 8.74. The Labute approximate surface area is 108 Å². The van der Waals surface area contributed by atoms with Crippen LogP contribution in [0.2, 0.25) is 0 Å². The molecule has 0 saturated carbocycles. The van der Waals surface area contributed by atoms with E-state index < -0.39 is 5.97 Å². The molecule has 0 heterocycles. The van der Waals surface area contributed by atoms with Crippen LogP contribution in [0.5, 0.6) is 0 Å². The van der Waals surface area contributed by atoms with Crippen LogP contribution in [-0.2, 0) is 9.53 Å². The molecule has 2 amide bonds. The summed E-state index contributed by atoms with van der Waals surface area (Å²) >= 11 is 0. The number of urea groups is 1. The summed E-state index contributed by atoms with van der Waals surface area (Å²) in [6.45, 7) is 8.71. The first-order valence-electron chi connectivity index (χ1n) is 6.26. The third-order valence-corrected chi connectivity index (χ3v) is 2.44. The molecule has 0 aromatic carbocycles. The van der Waals surface area contributed by atoms with Gasteiger partial charge in [0.2, 0.25) is 0 Å². The summed E-state index contributed by atoms with van der Waals surface area (Å²) in [6.07, 6.45) is -0.0977. The van der Waals surface area contributed by atoms with Crippen molar-refractivity contribution in [3.05, 3.63) is 0 Å². The fourth-order valence-corrected chi connectivity index (χ4v) is 1.49. The molecule has 0 fully saturated rings. The molecule has 106 valence electrons. The van der Waals surface area contributed by atoms with Gasteiger partial charge in [-0.25, -0.2) is 4.79 Å². The molecule has 1 atom stereocenters. The maximum Gasteiger partial charge on any atom is 0.317 e. The molecule has 6 nitrogen and oxygen atoms in total. The van der Waals surface area contributed by atoms with Crippen molar-refractivity contribution in [2.24, 2.45) is 0 Å². The molecule has 18 heavy (non-hydrogen) atoms. The van der Waals surface area contributed by atoms with Gasteiger partial charge in [-0.15, -0.1) is 0 Å². The standard InChI is InChI=1S/C12H24N2O4/c1-5-18-10(4)8-13-12(17)14(9(2)3)7-6-11(15)16/h9-10H,5-8H2,1-4H3,(H,13,17)(H,15,16). The number of hydrogen-bond acceptors (Lipinski definition) is 3. The van der Waals surface area contributed by atoms with Gasteiger partial charge in [-0.2, -0.15) is 0 Å². The molecule has 0 spiro atoms. The van der Waals surface area contributed by atoms with Crippen LogP contribution in [0.4, 0.5) is 4.79 Å². The number of carbonyl (C=O) groups excluding carboxylic acids is 1. The van der Waals surface area contributed by atoms with Gasteiger partial charge in [0, 0.05) is 25.7 Å². The number of amides is 2. The van der Waals surface area contributed by atoms with Gasteiger partial charge >= 0.3 is 12.0 Å². The van der Waals surface area contributed by atoms with Crippen LogP contribution >= 0.6 is 0 Å². The van der Waals surface area contributed by atoms with Crippen molar-refractivity contribution in [3.8, 4) is 0 Å². The molecule has 6 heteroatoms. The van der Waals surface area contributed by atoms with Gasteiger partial charge in [-0.05, 0) is 27.7 Å². The molecule has 0 aliphatic heterocycles. The van der Waals surface area contributed by atoms with Gasteiger partial charge in [0.25, 0.3) is 0 Å². The van der Waals surface area contributed by atoms with Crippen molar-refractivity contribution in [1.29, 1.82) is 0 Å². The summed E-state index contributed by atoms with van der Waals surface area (Å²) < 4.78 is 5.30. The first kappa shape index (κ1) is 16.7. The average Bonchev–Trinajstić information content (AvgIpc) is 2.26. The van der Waals surface area contributed by atoms with E-state index in [-0.39, 0.29) is 31.1 Å². The molecule has 0 bridgehead atoms. The van der Waals surface area contributed by atoms with E-state index >= 15 is 0 Å². The van der Waals surface area contributed by atoms with Crippen LogP contribution in [0.15, 0.2) is 0 Å². The zero-order chi connectivity index (χ0) is 14.1. The fraction of sp³-hybridized carbons (Fsp3) is 0.833. The summed E-state index contributed by atoms with van der Waals surface area (Å²) in [5, 5.41) is 11.4. The second-order valence-electron chi connectivity index (χ2n) is 4.38. The molecule has 0 saturated heterocycles. The van der Waals surface area contributed by atoms with E-state index in [0.717, 1.165) is 0 Å². The maximum atomic E-state index is 11.9. The molecule has 0 aliphatic carbocycles. The predicted molar refractivity (Wildman–Crippen MR) is 68.6 cm³/mol. The summed E-state index contributed by atoms with van der Waals surface area (Å²) in [5.41, 5.74) is 0. The van der Waals surface area contributed by atoms with Crippen molar-refractivity contribution in [2.75, 3.05) is 19.7 Å². The molecule has 0 aromatic heterocycles. The zero-order valence-corrected chi connectivity index (χ0v) is 11.6. The number of ether oxygens (including phenoxy) is 1. The Morgan fingerprint density at radius 1 is 1.33 bits per heavy atom. The normalized spacial score (nSPS) is 12.3. The van der Waals surface area contributed by atoms with Gasteiger partial charge in [-0.1, -0.05) is 0 Å². The minimum Gasteiger partial charge on any atom is -0.481 e. The number of carboxylic acids is 1. The number of aliphatic carboxylic acids is 1. The molecular formula is C12H24N2O4. The highest BCUT2D eigenvalue weighted by Crippen LogP contribution is 2.01. The Morgan fingerprint density at radius 3 is 2.39 bits per heavy atom. The van der Waals surface area contributed by atoms with Crippen LogP contribution in [0, 0.1) is 0 Å². The van der Waals surface area contributed by atoms with E-state index in [9.17, 15) is 9.59 Å². The Balaban J connectivity index is 4.18. The van der Waals surface area contributed by atoms with Crippen LogP contribution in [0.1, 0.15) is 34.1 Å². The van der Waals surface area contributed by atoms with E-state index in [1.165, 1.54) is 4.90 Å². The molecule has 0 radical (unpaired) electrons. The van der Waals surface area contributed by atoms with E-state index in [2.05, 4.69) is 5.32 Å². The smallest absolute Gasteiger partial charge is 0.317 e. The first-order chi connectivity index (χ1) is 8.38. The lowest BCUT2D eigenvalue weighted by Gasteiger charge is -2.27. The van der Waals surface area contributed by atoms with E-state index in [1.54, 1.807) is 0 Å². The Hall–Kier alpha value is -1.30. The summed E-state index contributed by atoms with van der Waals surface area (Å²) in [4.78, 5) is 23.9. The first-order valence-corrected chi connectivity index (χ1v) is 6.26. The van der Waals surface area contributed by atoms with Crippen LogP contribution in [0.25, 0.3) is 0 Å². The number of carboxylic acid groups (broad SMARTS) is 1. The molecular weight excluding hydrogens is 236 g/mol. The summed E-state index contributed by atoms with van der Waals surface area (Å²) in [5.74, 6) is -0.906. The van der Waals surface area contributed by atoms with Crippen molar-refractivity contribution < 1.29 is 19.4 Å². The van der Waals surface area contributed by atoms with E-state index in [4.69, 9.17) is 9.84 Å². The summed E-state index contributed by atoms with van der Waals surface area (Å²) in [7, 11) is 0. The van der Waals surface area contributed by atoms with Crippen molar-refractivity contribution in [1.82, 2.24) is 10.2 Å². The molecule has 1 unspecified atom stereocenters. The SMILES string of the molecule is CCOC(C)CNC(=O)N(CCC(=O)O)C(C)C. The number of hydrogen-bond donors (Lipinski definition) is 2. The molecule has 0 aromatic rings. The Bertz CT molecular complexity index is 269. The second-order valence-corrected chi connectivity index (χ2v) is 4.38. The minimum atomic E-state index is -0.906. The van der Waals surface area contributed by atoms with Gasteiger partial charge in [0.05, 0.1) is 12.5 Å². The quantitative estimate of drug-likeness (QED) is 0.689. The topological polar surface area (TPSA) is 78.9 Å². The zero-order valence-electron chi connectivity index (χ0n) is 11.6. The Kier molecular flexibility index (Phi) is 8.11. The highest BCUT2D eigenvalue weighted by atomic mass is 16.5. The van der Waals surface area contributed by atoms with E-state index in [1.807, 2.05) is 27.7 Å². The summed E-state index contributed by atoms with van der Waals surface area (Å²) in [6, 6.07) is -0.287. The van der Waals surface area contributed by atoms with Gasteiger partial charge in [0.1, 0.15) is 0 Å². The van der Waals surface area contributed by atoms with Crippen molar-refractivity contribution in [3.63, 3.8) is 0 Å². The highest BCUT2D eigenvalue weighted by molar-refractivity contribution is 5.75. The maximum absolute atomic E-state index is 11.9. The van der Waals surface area contributed by atoms with Gasteiger partial charge in [-0.3, -0.25) is 4.79 Å². The van der Waals surface area contributed by atoms with Crippen molar-refractivity contribution >= 4 is 12.0 Å². The third kappa shape index (κ3) is 7.11. The molecule has 0 rings (SSSR count). The highest BCUT2D eigenvalue weighted by Gasteiger charge is 2.18. The van der Waals surface area contributed by atoms with Crippen LogP contribution < -0.4 is 5.32 Å². The van der Waals surface area contributed by atoms with Gasteiger partial charge in [0.15, 0.2) is 0 Å². The molecule has 2 N–H and O–H groups in total. The molecule has 0 aliphatic rings. The predicted octanol–water partition coefficient (Wildman–Crippen LogP) is 1.31. The lowest BCUT2D eigenvalue weighted by atomic mass is 10.3. The van der Waals surface area contributed by atoms with E-state index in [0.29, 0.717) is 13.2 Å². The van der Waals surface area contributed by atoms with Crippen molar-refractivity contribution in [2.45, 2.75) is 46.3 Å². The number of carbonyl (C=O) groups is 2. The van der Waals surface area contributed by atoms with Crippen LogP contribution in [-0.4, -0.2) is 53.8 Å². The number of nitrogens with one attached hydrogen (secondary N) is 1. The largest absolute Gasteiger partial charge is 0.481 e. The lowest BCUT2D eigenvalue weighted by Crippen LogP contribution is -2.46. The van der Waals surface area contributed by atoms with Gasteiger partial charge < -0.3 is 20.1 Å². The minimum absolute atomic E-state index is 0.0354. The monoisotopic (exact) mass is 260 g/mol. The van der Waals surface area contributed by atoms with Crippen LogP contribution in [0.3, 0.4) is 0 Å². The average molecular weight is 260 g/mol. The fourth-order valence-electron chi connectivity index (χ4n) is 1.49. The third-order valence-electron chi connectivity index (χ3n) is 2.44. The number of nitrogens with zero attached hydrogens (tertiary/aromatic N) is 1. The number of rotatable bonds is 8. The lowest BCUT2D eigenvalue weighted by molar-refractivity contribution is -0.137.